The van der Waals surface area contributed by atoms with Crippen LogP contribution in [0.1, 0.15) is 36.5 Å². The molecule has 2 aromatic heterocycles. The minimum absolute atomic E-state index is 0.208. The van der Waals surface area contributed by atoms with Crippen molar-refractivity contribution in [2.75, 3.05) is 6.54 Å². The van der Waals surface area contributed by atoms with E-state index in [1.165, 1.54) is 4.88 Å². The molecule has 0 aliphatic carbocycles. The van der Waals surface area contributed by atoms with Crippen LogP contribution >= 0.6 is 11.3 Å². The minimum Gasteiger partial charge on any atom is -0.357 e. The van der Waals surface area contributed by atoms with Crippen molar-refractivity contribution in [1.29, 1.82) is 0 Å². The number of guanidine groups is 1. The highest BCUT2D eigenvalue weighted by Crippen LogP contribution is 2.17. The summed E-state index contributed by atoms with van der Waals surface area (Å²) in [5, 5.41) is 12.5. The molecule has 20 heavy (non-hydrogen) atoms. The van der Waals surface area contributed by atoms with Gasteiger partial charge in [-0.25, -0.2) is 4.99 Å². The van der Waals surface area contributed by atoms with Crippen LogP contribution in [0.3, 0.4) is 0 Å². The van der Waals surface area contributed by atoms with Crippen LogP contribution in [-0.4, -0.2) is 22.6 Å². The molecule has 0 saturated heterocycles. The van der Waals surface area contributed by atoms with E-state index in [0.717, 1.165) is 12.5 Å². The van der Waals surface area contributed by atoms with Gasteiger partial charge in [0, 0.05) is 18.3 Å². The maximum atomic E-state index is 4.93. The van der Waals surface area contributed by atoms with Crippen molar-refractivity contribution in [3.8, 4) is 0 Å². The first-order chi connectivity index (χ1) is 9.69. The molecule has 0 amide bonds. The van der Waals surface area contributed by atoms with Gasteiger partial charge in [0.2, 0.25) is 5.89 Å². The molecule has 0 aliphatic heterocycles. The third kappa shape index (κ3) is 4.06. The first-order valence-electron chi connectivity index (χ1n) is 6.56. The number of hydrogen-bond acceptors (Lipinski definition) is 5. The molecule has 0 radical (unpaired) electrons. The Balaban J connectivity index is 1.98. The van der Waals surface area contributed by atoms with Gasteiger partial charge in [0.1, 0.15) is 6.54 Å². The van der Waals surface area contributed by atoms with Crippen molar-refractivity contribution in [3.63, 3.8) is 0 Å². The van der Waals surface area contributed by atoms with E-state index in [2.05, 4.69) is 44.1 Å². The second-order valence-corrected chi connectivity index (χ2v) is 5.29. The number of thiophene rings is 1. The van der Waals surface area contributed by atoms with Gasteiger partial charge in [-0.15, -0.1) is 11.3 Å². The van der Waals surface area contributed by atoms with Gasteiger partial charge in [-0.3, -0.25) is 0 Å². The largest absolute Gasteiger partial charge is 0.357 e. The van der Waals surface area contributed by atoms with Gasteiger partial charge in [-0.2, -0.15) is 4.98 Å². The molecule has 108 valence electrons. The van der Waals surface area contributed by atoms with Crippen molar-refractivity contribution in [1.82, 2.24) is 20.8 Å². The summed E-state index contributed by atoms with van der Waals surface area (Å²) in [6.45, 7) is 7.10. The molecule has 0 spiro atoms. The van der Waals surface area contributed by atoms with Gasteiger partial charge in [0.15, 0.2) is 11.8 Å². The summed E-state index contributed by atoms with van der Waals surface area (Å²) < 4.78 is 4.93. The summed E-state index contributed by atoms with van der Waals surface area (Å²) in [6.07, 6.45) is 0. The first-order valence-corrected chi connectivity index (χ1v) is 7.44. The van der Waals surface area contributed by atoms with Crippen LogP contribution in [0.2, 0.25) is 0 Å². The van der Waals surface area contributed by atoms with Gasteiger partial charge in [-0.1, -0.05) is 11.2 Å². The Morgan fingerprint density at radius 2 is 2.40 bits per heavy atom. The lowest BCUT2D eigenvalue weighted by atomic mass is 10.3. The normalized spacial score (nSPS) is 13.2. The van der Waals surface area contributed by atoms with E-state index < -0.39 is 0 Å². The van der Waals surface area contributed by atoms with E-state index in [1.807, 2.05) is 13.0 Å². The van der Waals surface area contributed by atoms with Gasteiger partial charge >= 0.3 is 0 Å². The average Bonchev–Trinajstić information content (AvgIpc) is 3.07. The molecule has 0 aromatic carbocycles. The SMILES string of the molecule is CCNC(=NCc1noc(C)n1)NC(C)c1cccs1. The Hall–Kier alpha value is -1.89. The second-order valence-electron chi connectivity index (χ2n) is 4.31. The van der Waals surface area contributed by atoms with Crippen LogP contribution in [0, 0.1) is 6.92 Å². The van der Waals surface area contributed by atoms with Crippen LogP contribution in [0.25, 0.3) is 0 Å². The summed E-state index contributed by atoms with van der Waals surface area (Å²) in [5.41, 5.74) is 0. The van der Waals surface area contributed by atoms with Gasteiger partial charge in [0.25, 0.3) is 0 Å². The zero-order valence-corrected chi connectivity index (χ0v) is 12.7. The highest BCUT2D eigenvalue weighted by molar-refractivity contribution is 7.10. The number of aromatic nitrogens is 2. The summed E-state index contributed by atoms with van der Waals surface area (Å²) in [5.74, 6) is 1.89. The first kappa shape index (κ1) is 14.5. The average molecular weight is 293 g/mol. The summed E-state index contributed by atoms with van der Waals surface area (Å²) in [4.78, 5) is 9.86. The van der Waals surface area contributed by atoms with E-state index in [0.29, 0.717) is 18.3 Å². The monoisotopic (exact) mass is 293 g/mol. The highest BCUT2D eigenvalue weighted by Gasteiger charge is 2.09. The van der Waals surface area contributed by atoms with Crippen molar-refractivity contribution in [2.45, 2.75) is 33.4 Å². The number of aryl methyl sites for hydroxylation is 1. The fourth-order valence-corrected chi connectivity index (χ4v) is 2.42. The molecule has 6 nitrogen and oxygen atoms in total. The second kappa shape index (κ2) is 7.04. The lowest BCUT2D eigenvalue weighted by molar-refractivity contribution is 0.387. The molecule has 1 atom stereocenters. The lowest BCUT2D eigenvalue weighted by Gasteiger charge is -2.16. The van der Waals surface area contributed by atoms with E-state index in [9.17, 15) is 0 Å². The van der Waals surface area contributed by atoms with Gasteiger partial charge in [-0.05, 0) is 25.3 Å². The number of aliphatic imine (C=N–C) groups is 1. The van der Waals surface area contributed by atoms with Crippen molar-refractivity contribution < 1.29 is 4.52 Å². The van der Waals surface area contributed by atoms with Crippen LogP contribution in [0.15, 0.2) is 27.0 Å². The smallest absolute Gasteiger partial charge is 0.223 e. The van der Waals surface area contributed by atoms with E-state index in [1.54, 1.807) is 18.3 Å². The van der Waals surface area contributed by atoms with Crippen LogP contribution < -0.4 is 10.6 Å². The Morgan fingerprint density at radius 1 is 1.55 bits per heavy atom. The van der Waals surface area contributed by atoms with Crippen LogP contribution in [-0.2, 0) is 6.54 Å². The maximum Gasteiger partial charge on any atom is 0.223 e. The molecule has 2 rings (SSSR count). The topological polar surface area (TPSA) is 75.3 Å². The molecule has 7 heteroatoms. The fraction of sp³-hybridized carbons (Fsp3) is 0.462. The molecular formula is C13H19N5OS. The Kier molecular flexibility index (Phi) is 5.11. The van der Waals surface area contributed by atoms with Crippen molar-refractivity contribution in [3.05, 3.63) is 34.1 Å². The Labute approximate surface area is 122 Å². The predicted octanol–water partition coefficient (Wildman–Crippen LogP) is 2.26. The minimum atomic E-state index is 0.208. The Bertz CT molecular complexity index is 549. The molecule has 2 heterocycles. The number of hydrogen-bond donors (Lipinski definition) is 2. The van der Waals surface area contributed by atoms with E-state index >= 15 is 0 Å². The van der Waals surface area contributed by atoms with Gasteiger partial charge in [0.05, 0.1) is 6.04 Å². The summed E-state index contributed by atoms with van der Waals surface area (Å²) in [6, 6.07) is 4.36. The van der Waals surface area contributed by atoms with E-state index in [-0.39, 0.29) is 6.04 Å². The predicted molar refractivity (Wildman–Crippen MR) is 79.7 cm³/mol. The molecule has 0 aliphatic rings. The molecule has 0 bridgehead atoms. The van der Waals surface area contributed by atoms with Gasteiger partial charge < -0.3 is 15.2 Å². The van der Waals surface area contributed by atoms with E-state index in [4.69, 9.17) is 4.52 Å². The molecule has 2 aromatic rings. The standard InChI is InChI=1S/C13H19N5OS/c1-4-14-13(15-8-12-17-10(3)19-18-12)16-9(2)11-6-5-7-20-11/h5-7,9H,4,8H2,1-3H3,(H2,14,15,16). The van der Waals surface area contributed by atoms with Crippen LogP contribution in [0.4, 0.5) is 0 Å². The van der Waals surface area contributed by atoms with Crippen LogP contribution in [0.5, 0.6) is 0 Å². The third-order valence-electron chi connectivity index (χ3n) is 2.62. The zero-order chi connectivity index (χ0) is 14.4. The summed E-state index contributed by atoms with van der Waals surface area (Å²) >= 11 is 1.72. The number of rotatable bonds is 5. The maximum absolute atomic E-state index is 4.93. The highest BCUT2D eigenvalue weighted by atomic mass is 32.1. The van der Waals surface area contributed by atoms with Crippen molar-refractivity contribution >= 4 is 17.3 Å². The molecule has 2 N–H and O–H groups in total. The van der Waals surface area contributed by atoms with Crippen molar-refractivity contribution in [2.24, 2.45) is 4.99 Å². The zero-order valence-electron chi connectivity index (χ0n) is 11.9. The quantitative estimate of drug-likeness (QED) is 0.653. The number of nitrogens with one attached hydrogen (secondary N) is 2. The lowest BCUT2D eigenvalue weighted by Crippen LogP contribution is -2.38. The third-order valence-corrected chi connectivity index (χ3v) is 3.67. The summed E-state index contributed by atoms with van der Waals surface area (Å²) in [7, 11) is 0. The molecule has 1 unspecified atom stereocenters. The molecule has 0 fully saturated rings. The fourth-order valence-electron chi connectivity index (χ4n) is 1.69. The molecular weight excluding hydrogens is 274 g/mol. The number of nitrogens with zero attached hydrogens (tertiary/aromatic N) is 3. The molecule has 0 saturated carbocycles. The Morgan fingerprint density at radius 3 is 3.00 bits per heavy atom.